The molecule has 0 aromatic rings. The van der Waals surface area contributed by atoms with E-state index in [9.17, 15) is 16.8 Å². The summed E-state index contributed by atoms with van der Waals surface area (Å²) in [5.41, 5.74) is 0. The molecule has 13 heavy (non-hydrogen) atoms. The van der Waals surface area contributed by atoms with Crippen LogP contribution in [-0.4, -0.2) is 40.6 Å². The van der Waals surface area contributed by atoms with Gasteiger partial charge in [0.1, 0.15) is 9.84 Å². The smallest absolute Gasteiger partial charge is 0.208 e. The monoisotopic (exact) mass is 227 g/mol. The molecule has 0 spiro atoms. The average Bonchev–Trinajstić information content (AvgIpc) is 1.91. The highest BCUT2D eigenvalue weighted by Crippen LogP contribution is 2.12. The van der Waals surface area contributed by atoms with E-state index in [0.29, 0.717) is 12.8 Å². The Bertz CT molecular complexity index is 355. The van der Waals surface area contributed by atoms with Crippen LogP contribution in [0.25, 0.3) is 0 Å². The van der Waals surface area contributed by atoms with E-state index in [-0.39, 0.29) is 17.5 Å². The van der Waals surface area contributed by atoms with Crippen molar-refractivity contribution in [2.24, 2.45) is 0 Å². The number of rotatable bonds is 2. The summed E-state index contributed by atoms with van der Waals surface area (Å²) >= 11 is 0. The lowest BCUT2D eigenvalue weighted by atomic mass is 10.2. The van der Waals surface area contributed by atoms with Crippen molar-refractivity contribution in [1.29, 1.82) is 0 Å². The van der Waals surface area contributed by atoms with Crippen molar-refractivity contribution in [3.8, 4) is 0 Å². The minimum Gasteiger partial charge on any atom is -0.229 e. The number of nitrogens with one attached hydrogen (secondary N) is 1. The lowest BCUT2D eigenvalue weighted by Crippen LogP contribution is -2.40. The molecule has 0 aromatic carbocycles. The second-order valence-electron chi connectivity index (χ2n) is 3.32. The highest BCUT2D eigenvalue weighted by molar-refractivity contribution is 7.91. The van der Waals surface area contributed by atoms with Crippen LogP contribution < -0.4 is 4.72 Å². The first kappa shape index (κ1) is 10.9. The zero-order valence-corrected chi connectivity index (χ0v) is 8.99. The predicted octanol–water partition coefficient (Wildman–Crippen LogP) is -0.887. The molecule has 1 rings (SSSR count). The van der Waals surface area contributed by atoms with Crippen molar-refractivity contribution in [3.05, 3.63) is 0 Å². The molecule has 0 aliphatic carbocycles. The van der Waals surface area contributed by atoms with Crippen LogP contribution in [0.4, 0.5) is 0 Å². The van der Waals surface area contributed by atoms with Gasteiger partial charge >= 0.3 is 0 Å². The Morgan fingerprint density at radius 1 is 1.23 bits per heavy atom. The zero-order valence-electron chi connectivity index (χ0n) is 7.36. The van der Waals surface area contributed by atoms with E-state index in [0.717, 1.165) is 6.26 Å². The third kappa shape index (κ3) is 4.06. The van der Waals surface area contributed by atoms with Gasteiger partial charge in [-0.3, -0.25) is 0 Å². The van der Waals surface area contributed by atoms with Crippen molar-refractivity contribution in [1.82, 2.24) is 4.72 Å². The van der Waals surface area contributed by atoms with E-state index in [4.69, 9.17) is 0 Å². The van der Waals surface area contributed by atoms with Gasteiger partial charge in [-0.25, -0.2) is 21.6 Å². The fourth-order valence-corrected chi connectivity index (χ4v) is 3.64. The fourth-order valence-electron chi connectivity index (χ4n) is 1.31. The highest BCUT2D eigenvalue weighted by atomic mass is 32.2. The quantitative estimate of drug-likeness (QED) is 0.664. The summed E-state index contributed by atoms with van der Waals surface area (Å²) in [6, 6.07) is -0.210. The van der Waals surface area contributed by atoms with E-state index in [1.165, 1.54) is 0 Å². The van der Waals surface area contributed by atoms with Crippen molar-refractivity contribution in [2.45, 2.75) is 18.9 Å². The van der Waals surface area contributed by atoms with Gasteiger partial charge in [-0.1, -0.05) is 0 Å². The average molecular weight is 227 g/mol. The van der Waals surface area contributed by atoms with E-state index in [1.54, 1.807) is 0 Å². The second kappa shape index (κ2) is 3.55. The van der Waals surface area contributed by atoms with Crippen LogP contribution in [-0.2, 0) is 19.9 Å². The molecule has 7 heteroatoms. The van der Waals surface area contributed by atoms with Crippen molar-refractivity contribution < 1.29 is 16.8 Å². The third-order valence-electron chi connectivity index (χ3n) is 1.94. The molecule has 1 fully saturated rings. The Kier molecular flexibility index (Phi) is 2.98. The van der Waals surface area contributed by atoms with E-state index < -0.39 is 19.9 Å². The lowest BCUT2D eigenvalue weighted by Gasteiger charge is -2.21. The number of hydrogen-bond donors (Lipinski definition) is 1. The Morgan fingerprint density at radius 3 is 2.08 bits per heavy atom. The van der Waals surface area contributed by atoms with E-state index in [1.807, 2.05) is 0 Å². The molecule has 0 amide bonds. The molecule has 0 bridgehead atoms. The highest BCUT2D eigenvalue weighted by Gasteiger charge is 2.25. The van der Waals surface area contributed by atoms with Crippen molar-refractivity contribution >= 4 is 19.9 Å². The van der Waals surface area contributed by atoms with Crippen LogP contribution in [0.15, 0.2) is 0 Å². The molecule has 1 N–H and O–H groups in total. The molecule has 1 saturated heterocycles. The summed E-state index contributed by atoms with van der Waals surface area (Å²) in [4.78, 5) is 0. The summed E-state index contributed by atoms with van der Waals surface area (Å²) < 4.78 is 46.0. The van der Waals surface area contributed by atoms with Gasteiger partial charge in [0.25, 0.3) is 0 Å². The molecule has 0 atom stereocenters. The topological polar surface area (TPSA) is 80.3 Å². The van der Waals surface area contributed by atoms with Crippen molar-refractivity contribution in [3.63, 3.8) is 0 Å². The Morgan fingerprint density at radius 2 is 1.69 bits per heavy atom. The Hall–Kier alpha value is -0.140. The van der Waals surface area contributed by atoms with Gasteiger partial charge < -0.3 is 0 Å². The minimum atomic E-state index is -3.21. The van der Waals surface area contributed by atoms with Crippen molar-refractivity contribution in [2.75, 3.05) is 17.8 Å². The third-order valence-corrected chi connectivity index (χ3v) is 4.41. The van der Waals surface area contributed by atoms with Crippen LogP contribution in [0, 0.1) is 0 Å². The Balaban J connectivity index is 2.52. The molecule has 1 aliphatic rings. The first-order chi connectivity index (χ1) is 5.79. The van der Waals surface area contributed by atoms with Crippen LogP contribution >= 0.6 is 0 Å². The normalized spacial score (nSPS) is 24.4. The van der Waals surface area contributed by atoms with Gasteiger partial charge in [0, 0.05) is 6.04 Å². The minimum absolute atomic E-state index is 0.0835. The maximum absolute atomic E-state index is 11.0. The number of sulfone groups is 1. The van der Waals surface area contributed by atoms with Gasteiger partial charge in [-0.15, -0.1) is 0 Å². The summed E-state index contributed by atoms with van der Waals surface area (Å²) in [5, 5.41) is 0. The van der Waals surface area contributed by atoms with Crippen LogP contribution in [0.5, 0.6) is 0 Å². The number of sulfonamides is 1. The summed E-state index contributed by atoms with van der Waals surface area (Å²) in [7, 11) is -6.11. The summed E-state index contributed by atoms with van der Waals surface area (Å²) in [6.45, 7) is 0. The van der Waals surface area contributed by atoms with Gasteiger partial charge in [0.15, 0.2) is 0 Å². The van der Waals surface area contributed by atoms with Gasteiger partial charge in [-0.05, 0) is 12.8 Å². The standard InChI is InChI=1S/C6H13NO4S2/c1-12(8,9)7-6-2-4-13(10,11)5-3-6/h6-7H,2-5H2,1H3. The SMILES string of the molecule is CS(=O)(=O)NC1CCS(=O)(=O)CC1. The first-order valence-electron chi connectivity index (χ1n) is 3.96. The van der Waals surface area contributed by atoms with Gasteiger partial charge in [0.2, 0.25) is 10.0 Å². The second-order valence-corrected chi connectivity index (χ2v) is 7.40. The molecule has 5 nitrogen and oxygen atoms in total. The predicted molar refractivity (Wildman–Crippen MR) is 49.7 cm³/mol. The maximum atomic E-state index is 11.0. The fraction of sp³-hybridized carbons (Fsp3) is 1.00. The summed E-state index contributed by atoms with van der Waals surface area (Å²) in [6.07, 6.45) is 1.85. The molecule has 0 radical (unpaired) electrons. The summed E-state index contributed by atoms with van der Waals surface area (Å²) in [5.74, 6) is 0.167. The molecule has 0 saturated carbocycles. The largest absolute Gasteiger partial charge is 0.229 e. The van der Waals surface area contributed by atoms with E-state index >= 15 is 0 Å². The van der Waals surface area contributed by atoms with Gasteiger partial charge in [0.05, 0.1) is 17.8 Å². The maximum Gasteiger partial charge on any atom is 0.208 e. The lowest BCUT2D eigenvalue weighted by molar-refractivity contribution is 0.508. The molecule has 78 valence electrons. The molecule has 0 aromatic heterocycles. The molecular weight excluding hydrogens is 214 g/mol. The zero-order chi connectivity index (χ0) is 10.1. The molecular formula is C6H13NO4S2. The van der Waals surface area contributed by atoms with Gasteiger partial charge in [-0.2, -0.15) is 0 Å². The molecule has 0 unspecified atom stereocenters. The number of hydrogen-bond acceptors (Lipinski definition) is 4. The molecule has 1 heterocycles. The first-order valence-corrected chi connectivity index (χ1v) is 7.67. The van der Waals surface area contributed by atoms with E-state index in [2.05, 4.69) is 4.72 Å². The molecule has 1 aliphatic heterocycles. The Labute approximate surface area is 78.5 Å². The van der Waals surface area contributed by atoms with Crippen LogP contribution in [0.3, 0.4) is 0 Å². The van der Waals surface area contributed by atoms with Crippen LogP contribution in [0.1, 0.15) is 12.8 Å². The van der Waals surface area contributed by atoms with Crippen LogP contribution in [0.2, 0.25) is 0 Å².